The first-order valence-electron chi connectivity index (χ1n) is 8.01. The van der Waals surface area contributed by atoms with Crippen LogP contribution in [0.2, 0.25) is 5.02 Å². The Kier molecular flexibility index (Phi) is 5.41. The van der Waals surface area contributed by atoms with Crippen LogP contribution in [0.3, 0.4) is 0 Å². The van der Waals surface area contributed by atoms with Crippen molar-refractivity contribution in [1.82, 2.24) is 14.9 Å². The van der Waals surface area contributed by atoms with Gasteiger partial charge in [-0.05, 0) is 37.6 Å². The van der Waals surface area contributed by atoms with E-state index in [4.69, 9.17) is 16.0 Å². The van der Waals surface area contributed by atoms with E-state index in [1.54, 1.807) is 31.2 Å². The van der Waals surface area contributed by atoms with Crippen LogP contribution in [-0.4, -0.2) is 25.2 Å². The number of hydrogen-bond acceptors (Lipinski definition) is 5. The fourth-order valence-corrected chi connectivity index (χ4v) is 4.04. The minimum Gasteiger partial charge on any atom is -0.421 e. The summed E-state index contributed by atoms with van der Waals surface area (Å²) in [5.74, 6) is 0.645. The van der Waals surface area contributed by atoms with Crippen LogP contribution in [0.5, 0.6) is 0 Å². The lowest BCUT2D eigenvalue weighted by atomic mass is 10.2. The molecule has 0 fully saturated rings. The molecule has 0 saturated heterocycles. The predicted octanol–water partition coefficient (Wildman–Crippen LogP) is 3.53. The average Bonchev–Trinajstić information content (AvgIpc) is 3.03. The van der Waals surface area contributed by atoms with Gasteiger partial charge in [0.15, 0.2) is 0 Å². The highest BCUT2D eigenvalue weighted by molar-refractivity contribution is 7.89. The van der Waals surface area contributed by atoms with Gasteiger partial charge in [-0.15, -0.1) is 10.2 Å². The van der Waals surface area contributed by atoms with Gasteiger partial charge < -0.3 is 4.42 Å². The molecule has 0 spiro atoms. The second-order valence-electron chi connectivity index (χ2n) is 5.90. The summed E-state index contributed by atoms with van der Waals surface area (Å²) < 4.78 is 33.0. The molecule has 1 aromatic heterocycles. The first-order valence-corrected chi connectivity index (χ1v) is 9.87. The van der Waals surface area contributed by atoms with E-state index in [0.29, 0.717) is 27.9 Å². The number of nitrogens with one attached hydrogen (secondary N) is 1. The Bertz CT molecular complexity index is 1030. The molecule has 6 nitrogen and oxygen atoms in total. The molecule has 26 heavy (non-hydrogen) atoms. The highest BCUT2D eigenvalue weighted by Crippen LogP contribution is 2.26. The SMILES string of the molecule is Cc1ccc(S(=O)(=O)NCCc2nnc(-c3ccccc3Cl)o2)c(C)c1. The van der Waals surface area contributed by atoms with E-state index < -0.39 is 10.0 Å². The van der Waals surface area contributed by atoms with E-state index in [1.807, 2.05) is 25.1 Å². The zero-order chi connectivity index (χ0) is 18.7. The van der Waals surface area contributed by atoms with E-state index in [1.165, 1.54) is 0 Å². The number of nitrogens with zero attached hydrogens (tertiary/aromatic N) is 2. The lowest BCUT2D eigenvalue weighted by Crippen LogP contribution is -2.26. The Hall–Kier alpha value is -2.22. The molecule has 1 heterocycles. The Balaban J connectivity index is 1.66. The molecular formula is C18H18ClN3O3S. The van der Waals surface area contributed by atoms with Gasteiger partial charge in [-0.2, -0.15) is 0 Å². The Morgan fingerprint density at radius 2 is 1.88 bits per heavy atom. The van der Waals surface area contributed by atoms with Crippen molar-refractivity contribution in [2.45, 2.75) is 25.2 Å². The fraction of sp³-hybridized carbons (Fsp3) is 0.222. The molecular weight excluding hydrogens is 374 g/mol. The maximum atomic E-state index is 12.4. The van der Waals surface area contributed by atoms with Crippen LogP contribution >= 0.6 is 11.6 Å². The van der Waals surface area contributed by atoms with E-state index in [0.717, 1.165) is 5.56 Å². The quantitative estimate of drug-likeness (QED) is 0.694. The van der Waals surface area contributed by atoms with Crippen LogP contribution in [0.15, 0.2) is 51.8 Å². The van der Waals surface area contributed by atoms with E-state index in [9.17, 15) is 8.42 Å². The first kappa shape index (κ1) is 18.6. The molecule has 0 unspecified atom stereocenters. The normalized spacial score (nSPS) is 11.7. The van der Waals surface area contributed by atoms with Crippen molar-refractivity contribution in [3.8, 4) is 11.5 Å². The summed E-state index contributed by atoms with van der Waals surface area (Å²) in [5, 5.41) is 8.42. The van der Waals surface area contributed by atoms with Crippen molar-refractivity contribution in [3.05, 3.63) is 64.5 Å². The van der Waals surface area contributed by atoms with Crippen molar-refractivity contribution in [2.24, 2.45) is 0 Å². The third kappa shape index (κ3) is 4.12. The highest BCUT2D eigenvalue weighted by atomic mass is 35.5. The van der Waals surface area contributed by atoms with Crippen molar-refractivity contribution < 1.29 is 12.8 Å². The smallest absolute Gasteiger partial charge is 0.249 e. The molecule has 8 heteroatoms. The Morgan fingerprint density at radius 1 is 1.12 bits per heavy atom. The molecule has 0 saturated carbocycles. The van der Waals surface area contributed by atoms with Crippen LogP contribution in [0.1, 0.15) is 17.0 Å². The standard InChI is InChI=1S/C18H18ClN3O3S/c1-12-7-8-16(13(2)11-12)26(23,24)20-10-9-17-21-22-18(25-17)14-5-3-4-6-15(14)19/h3-8,11,20H,9-10H2,1-2H3. The maximum Gasteiger partial charge on any atom is 0.249 e. The third-order valence-electron chi connectivity index (χ3n) is 3.82. The summed E-state index contributed by atoms with van der Waals surface area (Å²) in [6.07, 6.45) is 0.279. The monoisotopic (exact) mass is 391 g/mol. The van der Waals surface area contributed by atoms with Crippen molar-refractivity contribution in [3.63, 3.8) is 0 Å². The second-order valence-corrected chi connectivity index (χ2v) is 8.04. The minimum absolute atomic E-state index is 0.153. The summed E-state index contributed by atoms with van der Waals surface area (Å²) in [7, 11) is -3.59. The molecule has 1 N–H and O–H groups in total. The van der Waals surface area contributed by atoms with Crippen molar-refractivity contribution >= 4 is 21.6 Å². The number of rotatable bonds is 6. The lowest BCUT2D eigenvalue weighted by molar-refractivity contribution is 0.502. The average molecular weight is 392 g/mol. The number of hydrogen-bond donors (Lipinski definition) is 1. The summed E-state index contributed by atoms with van der Waals surface area (Å²) in [6, 6.07) is 12.4. The molecule has 0 amide bonds. The van der Waals surface area contributed by atoms with Gasteiger partial charge in [-0.1, -0.05) is 41.4 Å². The number of halogens is 1. The fourth-order valence-electron chi connectivity index (χ4n) is 2.57. The van der Waals surface area contributed by atoms with Gasteiger partial charge in [0.1, 0.15) is 0 Å². The Labute approximate surface area is 157 Å². The van der Waals surface area contributed by atoms with Gasteiger partial charge in [0.25, 0.3) is 0 Å². The maximum absolute atomic E-state index is 12.4. The molecule has 2 aromatic carbocycles. The van der Waals surface area contributed by atoms with Crippen LogP contribution in [0.25, 0.3) is 11.5 Å². The first-order chi connectivity index (χ1) is 12.4. The van der Waals surface area contributed by atoms with Gasteiger partial charge in [0.2, 0.25) is 21.8 Å². The van der Waals surface area contributed by atoms with Crippen LogP contribution in [0.4, 0.5) is 0 Å². The molecule has 0 aliphatic carbocycles. The molecule has 136 valence electrons. The summed E-state index contributed by atoms with van der Waals surface area (Å²) in [5.41, 5.74) is 2.36. The number of aryl methyl sites for hydroxylation is 2. The summed E-state index contributed by atoms with van der Waals surface area (Å²) in [6.45, 7) is 3.85. The second kappa shape index (κ2) is 7.57. The van der Waals surface area contributed by atoms with Gasteiger partial charge in [-0.3, -0.25) is 0 Å². The molecule has 0 aliphatic heterocycles. The molecule has 0 radical (unpaired) electrons. The van der Waals surface area contributed by atoms with Crippen LogP contribution in [0, 0.1) is 13.8 Å². The van der Waals surface area contributed by atoms with E-state index in [2.05, 4.69) is 14.9 Å². The molecule has 3 rings (SSSR count). The van der Waals surface area contributed by atoms with E-state index in [-0.39, 0.29) is 17.9 Å². The minimum atomic E-state index is -3.59. The largest absolute Gasteiger partial charge is 0.421 e. The number of benzene rings is 2. The van der Waals surface area contributed by atoms with Gasteiger partial charge in [0, 0.05) is 13.0 Å². The predicted molar refractivity (Wildman–Crippen MR) is 99.6 cm³/mol. The van der Waals surface area contributed by atoms with Gasteiger partial charge >= 0.3 is 0 Å². The van der Waals surface area contributed by atoms with Gasteiger partial charge in [-0.25, -0.2) is 13.1 Å². The molecule has 0 bridgehead atoms. The third-order valence-corrected chi connectivity index (χ3v) is 5.77. The Morgan fingerprint density at radius 3 is 2.62 bits per heavy atom. The van der Waals surface area contributed by atoms with Crippen molar-refractivity contribution in [2.75, 3.05) is 6.54 Å². The highest BCUT2D eigenvalue weighted by Gasteiger charge is 2.17. The zero-order valence-corrected chi connectivity index (χ0v) is 15.9. The van der Waals surface area contributed by atoms with E-state index >= 15 is 0 Å². The molecule has 0 atom stereocenters. The molecule has 3 aromatic rings. The topological polar surface area (TPSA) is 85.1 Å². The molecule has 0 aliphatic rings. The van der Waals surface area contributed by atoms with Crippen LogP contribution in [-0.2, 0) is 16.4 Å². The zero-order valence-electron chi connectivity index (χ0n) is 14.4. The lowest BCUT2D eigenvalue weighted by Gasteiger charge is -2.09. The number of aromatic nitrogens is 2. The van der Waals surface area contributed by atoms with Gasteiger partial charge in [0.05, 0.1) is 15.5 Å². The summed E-state index contributed by atoms with van der Waals surface area (Å²) in [4.78, 5) is 0.269. The van der Waals surface area contributed by atoms with Crippen LogP contribution < -0.4 is 4.72 Å². The van der Waals surface area contributed by atoms with Crippen molar-refractivity contribution in [1.29, 1.82) is 0 Å². The summed E-state index contributed by atoms with van der Waals surface area (Å²) >= 11 is 6.11. The number of sulfonamides is 1.